The minimum Gasteiger partial charge on any atom is -0.364 e. The molecule has 0 saturated heterocycles. The number of aromatic nitrogens is 1. The van der Waals surface area contributed by atoms with Crippen molar-refractivity contribution in [2.45, 2.75) is 32.9 Å². The molecule has 0 saturated carbocycles. The molecule has 84 valence electrons. The van der Waals surface area contributed by atoms with E-state index in [0.717, 1.165) is 18.7 Å². The zero-order valence-corrected chi connectivity index (χ0v) is 9.12. The summed E-state index contributed by atoms with van der Waals surface area (Å²) in [5.41, 5.74) is 0.796. The van der Waals surface area contributed by atoms with Gasteiger partial charge in [-0.3, -0.25) is 4.79 Å². The Morgan fingerprint density at radius 2 is 2.47 bits per heavy atom. The van der Waals surface area contributed by atoms with Gasteiger partial charge in [-0.05, 0) is 13.3 Å². The summed E-state index contributed by atoms with van der Waals surface area (Å²) in [5.74, 6) is 0.0142. The maximum absolute atomic E-state index is 11.4. The van der Waals surface area contributed by atoms with Gasteiger partial charge in [0.25, 0.3) is 0 Å². The number of nitrogens with zero attached hydrogens (tertiary/aromatic N) is 1. The SMILES string of the molecule is CCCNC(=O)C(C)NCc1ccon1. The van der Waals surface area contributed by atoms with Crippen molar-refractivity contribution in [3.05, 3.63) is 18.0 Å². The van der Waals surface area contributed by atoms with E-state index in [-0.39, 0.29) is 11.9 Å². The van der Waals surface area contributed by atoms with Crippen LogP contribution in [0.15, 0.2) is 16.9 Å². The van der Waals surface area contributed by atoms with Crippen molar-refractivity contribution < 1.29 is 9.32 Å². The van der Waals surface area contributed by atoms with E-state index >= 15 is 0 Å². The molecule has 1 heterocycles. The first-order chi connectivity index (χ1) is 7.24. The van der Waals surface area contributed by atoms with Crippen LogP contribution in [-0.2, 0) is 11.3 Å². The van der Waals surface area contributed by atoms with E-state index in [2.05, 4.69) is 20.3 Å². The average molecular weight is 211 g/mol. The quantitative estimate of drug-likeness (QED) is 0.726. The third-order valence-corrected chi connectivity index (χ3v) is 2.02. The van der Waals surface area contributed by atoms with Gasteiger partial charge in [0.15, 0.2) is 0 Å². The highest BCUT2D eigenvalue weighted by atomic mass is 16.5. The highest BCUT2D eigenvalue weighted by Gasteiger charge is 2.11. The fraction of sp³-hybridized carbons (Fsp3) is 0.600. The lowest BCUT2D eigenvalue weighted by atomic mass is 10.3. The third-order valence-electron chi connectivity index (χ3n) is 2.02. The summed E-state index contributed by atoms with van der Waals surface area (Å²) in [6, 6.07) is 1.55. The molecule has 0 bridgehead atoms. The summed E-state index contributed by atoms with van der Waals surface area (Å²) < 4.78 is 4.68. The highest BCUT2D eigenvalue weighted by Crippen LogP contribution is 1.94. The molecule has 0 aliphatic heterocycles. The van der Waals surface area contributed by atoms with Crippen molar-refractivity contribution in [3.8, 4) is 0 Å². The number of carbonyl (C=O) groups is 1. The molecule has 0 aliphatic rings. The van der Waals surface area contributed by atoms with Crippen molar-refractivity contribution in [1.82, 2.24) is 15.8 Å². The Hall–Kier alpha value is -1.36. The first kappa shape index (κ1) is 11.7. The zero-order chi connectivity index (χ0) is 11.1. The van der Waals surface area contributed by atoms with Crippen LogP contribution in [-0.4, -0.2) is 23.7 Å². The maximum Gasteiger partial charge on any atom is 0.236 e. The Morgan fingerprint density at radius 3 is 3.07 bits per heavy atom. The van der Waals surface area contributed by atoms with Gasteiger partial charge in [-0.2, -0.15) is 0 Å². The predicted octanol–water partition coefficient (Wildman–Crippen LogP) is 0.679. The van der Waals surface area contributed by atoms with Crippen LogP contribution in [0.25, 0.3) is 0 Å². The van der Waals surface area contributed by atoms with Crippen LogP contribution in [0.1, 0.15) is 26.0 Å². The summed E-state index contributed by atoms with van der Waals surface area (Å²) in [6.45, 7) is 5.10. The Bertz CT molecular complexity index is 285. The summed E-state index contributed by atoms with van der Waals surface area (Å²) >= 11 is 0. The molecular weight excluding hydrogens is 194 g/mol. The molecule has 1 aromatic heterocycles. The molecule has 1 amide bonds. The summed E-state index contributed by atoms with van der Waals surface area (Å²) in [7, 11) is 0. The van der Waals surface area contributed by atoms with Crippen molar-refractivity contribution in [2.75, 3.05) is 6.54 Å². The first-order valence-electron chi connectivity index (χ1n) is 5.14. The topological polar surface area (TPSA) is 67.2 Å². The van der Waals surface area contributed by atoms with Crippen LogP contribution in [0.3, 0.4) is 0 Å². The Labute approximate surface area is 89.2 Å². The molecule has 1 rings (SSSR count). The third kappa shape index (κ3) is 4.12. The summed E-state index contributed by atoms with van der Waals surface area (Å²) in [5, 5.41) is 9.62. The summed E-state index contributed by atoms with van der Waals surface area (Å²) in [6.07, 6.45) is 2.46. The van der Waals surface area contributed by atoms with E-state index in [1.165, 1.54) is 6.26 Å². The fourth-order valence-corrected chi connectivity index (χ4v) is 1.08. The smallest absolute Gasteiger partial charge is 0.236 e. The van der Waals surface area contributed by atoms with Gasteiger partial charge in [0.1, 0.15) is 6.26 Å². The van der Waals surface area contributed by atoms with E-state index in [0.29, 0.717) is 6.54 Å². The van der Waals surface area contributed by atoms with Crippen LogP contribution in [0.5, 0.6) is 0 Å². The fourth-order valence-electron chi connectivity index (χ4n) is 1.08. The van der Waals surface area contributed by atoms with Gasteiger partial charge in [-0.25, -0.2) is 0 Å². The second-order valence-electron chi connectivity index (χ2n) is 3.38. The minimum absolute atomic E-state index is 0.0142. The number of carbonyl (C=O) groups excluding carboxylic acids is 1. The maximum atomic E-state index is 11.4. The predicted molar refractivity (Wildman–Crippen MR) is 56.1 cm³/mol. The van der Waals surface area contributed by atoms with Gasteiger partial charge in [-0.15, -0.1) is 0 Å². The van der Waals surface area contributed by atoms with E-state index in [1.807, 2.05) is 13.8 Å². The molecule has 0 fully saturated rings. The molecule has 1 unspecified atom stereocenters. The van der Waals surface area contributed by atoms with Gasteiger partial charge in [-0.1, -0.05) is 12.1 Å². The molecule has 1 aromatic rings. The lowest BCUT2D eigenvalue weighted by Crippen LogP contribution is -2.42. The van der Waals surface area contributed by atoms with Gasteiger partial charge in [0, 0.05) is 19.2 Å². The molecule has 0 aromatic carbocycles. The van der Waals surface area contributed by atoms with Crippen LogP contribution >= 0.6 is 0 Å². The van der Waals surface area contributed by atoms with E-state index in [4.69, 9.17) is 0 Å². The Balaban J connectivity index is 2.23. The normalized spacial score (nSPS) is 12.4. The van der Waals surface area contributed by atoms with Crippen LogP contribution < -0.4 is 10.6 Å². The van der Waals surface area contributed by atoms with Crippen LogP contribution in [0.2, 0.25) is 0 Å². The lowest BCUT2D eigenvalue weighted by molar-refractivity contribution is -0.122. The largest absolute Gasteiger partial charge is 0.364 e. The second kappa shape index (κ2) is 6.19. The number of nitrogens with one attached hydrogen (secondary N) is 2. The second-order valence-corrected chi connectivity index (χ2v) is 3.38. The van der Waals surface area contributed by atoms with Crippen molar-refractivity contribution in [1.29, 1.82) is 0 Å². The molecule has 0 radical (unpaired) electrons. The van der Waals surface area contributed by atoms with Gasteiger partial charge >= 0.3 is 0 Å². The number of amides is 1. The molecule has 15 heavy (non-hydrogen) atoms. The Morgan fingerprint density at radius 1 is 1.67 bits per heavy atom. The molecule has 0 spiro atoms. The lowest BCUT2D eigenvalue weighted by Gasteiger charge is -2.12. The summed E-state index contributed by atoms with van der Waals surface area (Å²) in [4.78, 5) is 11.4. The Kier molecular flexibility index (Phi) is 4.83. The molecule has 5 nitrogen and oxygen atoms in total. The van der Waals surface area contributed by atoms with Crippen molar-refractivity contribution in [2.24, 2.45) is 0 Å². The number of rotatable bonds is 6. The van der Waals surface area contributed by atoms with Crippen LogP contribution in [0, 0.1) is 0 Å². The van der Waals surface area contributed by atoms with Gasteiger partial charge in [0.2, 0.25) is 5.91 Å². The molecule has 2 N–H and O–H groups in total. The van der Waals surface area contributed by atoms with E-state index in [1.54, 1.807) is 6.07 Å². The van der Waals surface area contributed by atoms with Crippen molar-refractivity contribution in [3.63, 3.8) is 0 Å². The average Bonchev–Trinajstić information content (AvgIpc) is 2.75. The molecule has 1 atom stereocenters. The number of hydrogen-bond donors (Lipinski definition) is 2. The molecule has 0 aliphatic carbocycles. The van der Waals surface area contributed by atoms with Gasteiger partial charge in [0.05, 0.1) is 11.7 Å². The van der Waals surface area contributed by atoms with Crippen LogP contribution in [0.4, 0.5) is 0 Å². The van der Waals surface area contributed by atoms with E-state index < -0.39 is 0 Å². The first-order valence-corrected chi connectivity index (χ1v) is 5.14. The highest BCUT2D eigenvalue weighted by molar-refractivity contribution is 5.81. The number of hydrogen-bond acceptors (Lipinski definition) is 4. The van der Waals surface area contributed by atoms with E-state index in [9.17, 15) is 4.79 Å². The molecule has 5 heteroatoms. The minimum atomic E-state index is -0.215. The zero-order valence-electron chi connectivity index (χ0n) is 9.12. The monoisotopic (exact) mass is 211 g/mol. The standard InChI is InChI=1S/C10H17N3O2/c1-3-5-11-10(14)8(2)12-7-9-4-6-15-13-9/h4,6,8,12H,3,5,7H2,1-2H3,(H,11,14). The molecular formula is C10H17N3O2. The van der Waals surface area contributed by atoms with Crippen molar-refractivity contribution >= 4 is 5.91 Å². The van der Waals surface area contributed by atoms with Gasteiger partial charge < -0.3 is 15.2 Å².